The van der Waals surface area contributed by atoms with Crippen LogP contribution in [0.3, 0.4) is 0 Å². The van der Waals surface area contributed by atoms with Crippen molar-refractivity contribution in [3.63, 3.8) is 0 Å². The molecule has 0 N–H and O–H groups in total. The number of fused-ring (bicyclic) bond motifs is 1. The van der Waals surface area contributed by atoms with Gasteiger partial charge >= 0.3 is 0 Å². The molecular formula is C17H9Cl3N4O2. The number of rotatable bonds is 3. The van der Waals surface area contributed by atoms with Crippen LogP contribution < -0.4 is 5.56 Å². The Kier molecular flexibility index (Phi) is 4.40. The fourth-order valence-electron chi connectivity index (χ4n) is 2.51. The highest BCUT2D eigenvalue weighted by Crippen LogP contribution is 2.27. The summed E-state index contributed by atoms with van der Waals surface area (Å²) in [4.78, 5) is 16.9. The number of hydrogen-bond donors (Lipinski definition) is 0. The first-order valence-corrected chi connectivity index (χ1v) is 8.58. The van der Waals surface area contributed by atoms with Crippen molar-refractivity contribution in [2.24, 2.45) is 0 Å². The summed E-state index contributed by atoms with van der Waals surface area (Å²) in [5, 5.41) is 9.44. The molecule has 0 aliphatic carbocycles. The molecule has 0 aliphatic rings. The third kappa shape index (κ3) is 3.07. The second kappa shape index (κ2) is 6.72. The van der Waals surface area contributed by atoms with Crippen LogP contribution in [0.25, 0.3) is 22.4 Å². The Balaban J connectivity index is 1.72. The predicted molar refractivity (Wildman–Crippen MR) is 99.9 cm³/mol. The zero-order valence-corrected chi connectivity index (χ0v) is 15.3. The van der Waals surface area contributed by atoms with Gasteiger partial charge in [0.25, 0.3) is 5.56 Å². The SMILES string of the molecule is O=c1c2cc(Cl)cc(Cl)c2ncn1Cc1nnc(-c2ccccc2Cl)o1. The van der Waals surface area contributed by atoms with Crippen LogP contribution in [0.1, 0.15) is 5.89 Å². The van der Waals surface area contributed by atoms with E-state index in [4.69, 9.17) is 39.2 Å². The fourth-order valence-corrected chi connectivity index (χ4v) is 3.27. The van der Waals surface area contributed by atoms with E-state index in [1.54, 1.807) is 18.2 Å². The van der Waals surface area contributed by atoms with E-state index < -0.39 is 0 Å². The molecule has 2 heterocycles. The minimum Gasteiger partial charge on any atom is -0.419 e. The average Bonchev–Trinajstić information content (AvgIpc) is 3.06. The van der Waals surface area contributed by atoms with E-state index in [0.29, 0.717) is 31.5 Å². The van der Waals surface area contributed by atoms with Gasteiger partial charge in [0, 0.05) is 5.02 Å². The monoisotopic (exact) mass is 406 g/mol. The quantitative estimate of drug-likeness (QED) is 0.501. The first-order valence-electron chi connectivity index (χ1n) is 7.44. The minimum absolute atomic E-state index is 0.0589. The van der Waals surface area contributed by atoms with Crippen LogP contribution in [0.5, 0.6) is 0 Å². The van der Waals surface area contributed by atoms with Crippen LogP contribution in [-0.2, 0) is 6.54 Å². The van der Waals surface area contributed by atoms with E-state index in [0.717, 1.165) is 0 Å². The normalized spacial score (nSPS) is 11.2. The average molecular weight is 408 g/mol. The highest BCUT2D eigenvalue weighted by molar-refractivity contribution is 6.38. The lowest BCUT2D eigenvalue weighted by Crippen LogP contribution is -2.21. The van der Waals surface area contributed by atoms with Crippen LogP contribution >= 0.6 is 34.8 Å². The molecule has 2 aromatic carbocycles. The lowest BCUT2D eigenvalue weighted by Gasteiger charge is -2.05. The standard InChI is InChI=1S/C17H9Cl3N4O2/c18-9-5-11-15(13(20)6-9)21-8-24(17(11)25)7-14-22-23-16(26-14)10-3-1-2-4-12(10)19/h1-6,8H,7H2. The summed E-state index contributed by atoms with van der Waals surface area (Å²) in [6.45, 7) is 0.0589. The fraction of sp³-hybridized carbons (Fsp3) is 0.0588. The van der Waals surface area contributed by atoms with Gasteiger partial charge < -0.3 is 4.42 Å². The molecule has 0 amide bonds. The van der Waals surface area contributed by atoms with E-state index in [1.165, 1.54) is 23.0 Å². The Morgan fingerprint density at radius 1 is 1.04 bits per heavy atom. The zero-order valence-electron chi connectivity index (χ0n) is 13.0. The van der Waals surface area contributed by atoms with E-state index in [9.17, 15) is 4.79 Å². The summed E-state index contributed by atoms with van der Waals surface area (Å²) in [5.41, 5.74) is 0.701. The van der Waals surface area contributed by atoms with Gasteiger partial charge in [-0.25, -0.2) is 4.98 Å². The molecule has 130 valence electrons. The van der Waals surface area contributed by atoms with E-state index in [-0.39, 0.29) is 23.9 Å². The van der Waals surface area contributed by atoms with E-state index in [1.807, 2.05) is 6.07 Å². The number of hydrogen-bond acceptors (Lipinski definition) is 5. The highest BCUT2D eigenvalue weighted by Gasteiger charge is 2.14. The van der Waals surface area contributed by atoms with Crippen molar-refractivity contribution in [2.75, 3.05) is 0 Å². The van der Waals surface area contributed by atoms with Crippen molar-refractivity contribution >= 4 is 45.7 Å². The van der Waals surface area contributed by atoms with Gasteiger partial charge in [-0.2, -0.15) is 0 Å². The molecule has 6 nitrogen and oxygen atoms in total. The van der Waals surface area contributed by atoms with Crippen LogP contribution in [0.15, 0.2) is 51.9 Å². The Labute approximate surface area is 162 Å². The number of aromatic nitrogens is 4. The molecule has 0 saturated carbocycles. The maximum absolute atomic E-state index is 12.7. The minimum atomic E-state index is -0.308. The molecule has 26 heavy (non-hydrogen) atoms. The van der Waals surface area contributed by atoms with Gasteiger partial charge in [0.1, 0.15) is 6.54 Å². The Bertz CT molecular complexity index is 1190. The molecule has 0 unspecified atom stereocenters. The van der Waals surface area contributed by atoms with Crippen molar-refractivity contribution in [3.8, 4) is 11.5 Å². The second-order valence-electron chi connectivity index (χ2n) is 5.44. The smallest absolute Gasteiger partial charge is 0.261 e. The first-order chi connectivity index (χ1) is 12.5. The van der Waals surface area contributed by atoms with Crippen LogP contribution in [0.2, 0.25) is 15.1 Å². The van der Waals surface area contributed by atoms with Crippen LogP contribution in [0.4, 0.5) is 0 Å². The lowest BCUT2D eigenvalue weighted by molar-refractivity contribution is 0.483. The Hall–Kier alpha value is -2.41. The molecule has 0 atom stereocenters. The summed E-state index contributed by atoms with van der Waals surface area (Å²) in [7, 11) is 0. The number of nitrogens with zero attached hydrogens (tertiary/aromatic N) is 4. The van der Waals surface area contributed by atoms with Crippen molar-refractivity contribution in [3.05, 3.63) is 74.0 Å². The van der Waals surface area contributed by atoms with Crippen molar-refractivity contribution < 1.29 is 4.42 Å². The van der Waals surface area contributed by atoms with Gasteiger partial charge in [-0.1, -0.05) is 46.9 Å². The summed E-state index contributed by atoms with van der Waals surface area (Å²) in [5.74, 6) is 0.523. The molecule has 9 heteroatoms. The molecule has 0 radical (unpaired) electrons. The second-order valence-corrected chi connectivity index (χ2v) is 6.69. The first kappa shape index (κ1) is 17.0. The van der Waals surface area contributed by atoms with Gasteiger partial charge in [0.15, 0.2) is 0 Å². The molecule has 0 saturated heterocycles. The maximum atomic E-state index is 12.7. The molecule has 0 aliphatic heterocycles. The summed E-state index contributed by atoms with van der Waals surface area (Å²) < 4.78 is 6.97. The predicted octanol–water partition coefficient (Wildman–Crippen LogP) is 4.46. The molecule has 2 aromatic heterocycles. The highest BCUT2D eigenvalue weighted by atomic mass is 35.5. The van der Waals surface area contributed by atoms with Gasteiger partial charge in [-0.15, -0.1) is 10.2 Å². The number of benzene rings is 2. The van der Waals surface area contributed by atoms with E-state index in [2.05, 4.69) is 15.2 Å². The van der Waals surface area contributed by atoms with Crippen molar-refractivity contribution in [2.45, 2.75) is 6.54 Å². The topological polar surface area (TPSA) is 73.8 Å². The largest absolute Gasteiger partial charge is 0.419 e. The summed E-state index contributed by atoms with van der Waals surface area (Å²) in [6, 6.07) is 10.2. The van der Waals surface area contributed by atoms with Crippen molar-refractivity contribution in [1.82, 2.24) is 19.7 Å². The third-order valence-corrected chi connectivity index (χ3v) is 4.56. The van der Waals surface area contributed by atoms with Crippen molar-refractivity contribution in [1.29, 1.82) is 0 Å². The van der Waals surface area contributed by atoms with Gasteiger partial charge in [-0.3, -0.25) is 9.36 Å². The lowest BCUT2D eigenvalue weighted by atomic mass is 10.2. The van der Waals surface area contributed by atoms with Crippen LogP contribution in [-0.4, -0.2) is 19.7 Å². The Morgan fingerprint density at radius 3 is 2.65 bits per heavy atom. The number of halogens is 3. The molecular weight excluding hydrogens is 399 g/mol. The Morgan fingerprint density at radius 2 is 1.85 bits per heavy atom. The third-order valence-electron chi connectivity index (χ3n) is 3.72. The summed E-state index contributed by atoms with van der Waals surface area (Å²) >= 11 is 18.2. The molecule has 0 fully saturated rings. The van der Waals surface area contributed by atoms with Gasteiger partial charge in [0.05, 0.1) is 32.8 Å². The van der Waals surface area contributed by atoms with E-state index >= 15 is 0 Å². The molecule has 0 bridgehead atoms. The summed E-state index contributed by atoms with van der Waals surface area (Å²) in [6.07, 6.45) is 1.38. The van der Waals surface area contributed by atoms with Gasteiger partial charge in [0.2, 0.25) is 11.8 Å². The maximum Gasteiger partial charge on any atom is 0.261 e. The molecule has 0 spiro atoms. The van der Waals surface area contributed by atoms with Gasteiger partial charge in [-0.05, 0) is 24.3 Å². The van der Waals surface area contributed by atoms with Crippen LogP contribution in [0, 0.1) is 0 Å². The zero-order chi connectivity index (χ0) is 18.3. The molecule has 4 aromatic rings. The molecule has 4 rings (SSSR count).